The summed E-state index contributed by atoms with van der Waals surface area (Å²) < 4.78 is 32.2. The van der Waals surface area contributed by atoms with Crippen LogP contribution in [-0.2, 0) is 19.7 Å². The van der Waals surface area contributed by atoms with Crippen molar-refractivity contribution in [2.45, 2.75) is 31.1 Å². The van der Waals surface area contributed by atoms with Gasteiger partial charge in [0.05, 0.1) is 11.1 Å². The fourth-order valence-electron chi connectivity index (χ4n) is 3.40. The molecule has 2 aromatic rings. The number of ether oxygens (including phenoxy) is 1. The van der Waals surface area contributed by atoms with E-state index in [1.807, 2.05) is 0 Å². The number of benzene rings is 2. The molecule has 0 heterocycles. The van der Waals surface area contributed by atoms with Crippen molar-refractivity contribution in [3.05, 3.63) is 64.7 Å². The van der Waals surface area contributed by atoms with Crippen molar-refractivity contribution in [2.75, 3.05) is 11.9 Å². The molecular weight excluding hydrogens is 376 g/mol. The van der Waals surface area contributed by atoms with Crippen molar-refractivity contribution in [3.63, 3.8) is 0 Å². The number of hydrogen-bond donors (Lipinski definition) is 1. The molecule has 0 aliphatic heterocycles. The second-order valence-corrected chi connectivity index (χ2v) is 6.98. The molecule has 1 aliphatic carbocycles. The predicted octanol–water partition coefficient (Wildman–Crippen LogP) is 4.61. The highest BCUT2D eigenvalue weighted by Crippen LogP contribution is 2.42. The van der Waals surface area contributed by atoms with Crippen molar-refractivity contribution in [1.29, 1.82) is 0 Å². The molecule has 0 bridgehead atoms. The van der Waals surface area contributed by atoms with Gasteiger partial charge >= 0.3 is 5.97 Å². The molecule has 0 atom stereocenters. The van der Waals surface area contributed by atoms with E-state index >= 15 is 0 Å². The third-order valence-corrected chi connectivity index (χ3v) is 5.02. The van der Waals surface area contributed by atoms with Gasteiger partial charge in [-0.2, -0.15) is 0 Å². The molecule has 2 aromatic carbocycles. The SMILES string of the molecule is O=C(COC(=O)C1(c2ccc(F)cc2)CCCC1)Nc1ccc(Cl)cc1F. The fraction of sp³-hybridized carbons (Fsp3) is 0.300. The van der Waals surface area contributed by atoms with Crippen LogP contribution in [0.1, 0.15) is 31.2 Å². The Balaban J connectivity index is 1.66. The molecule has 0 spiro atoms. The third-order valence-electron chi connectivity index (χ3n) is 4.78. The van der Waals surface area contributed by atoms with Gasteiger partial charge in [-0.3, -0.25) is 9.59 Å². The zero-order chi connectivity index (χ0) is 19.4. The normalized spacial score (nSPS) is 15.4. The zero-order valence-corrected chi connectivity index (χ0v) is 15.2. The first-order valence-electron chi connectivity index (χ1n) is 8.59. The molecular formula is C20H18ClF2NO3. The van der Waals surface area contributed by atoms with Gasteiger partial charge in [0.15, 0.2) is 6.61 Å². The van der Waals surface area contributed by atoms with Gasteiger partial charge in [0.25, 0.3) is 5.91 Å². The number of amides is 1. The van der Waals surface area contributed by atoms with E-state index < -0.39 is 29.7 Å². The number of carbonyl (C=O) groups excluding carboxylic acids is 2. The van der Waals surface area contributed by atoms with Crippen LogP contribution in [0, 0.1) is 11.6 Å². The van der Waals surface area contributed by atoms with Crippen LogP contribution >= 0.6 is 11.6 Å². The second-order valence-electron chi connectivity index (χ2n) is 6.54. The maximum atomic E-state index is 13.7. The number of halogens is 3. The van der Waals surface area contributed by atoms with Gasteiger partial charge in [-0.1, -0.05) is 36.6 Å². The highest BCUT2D eigenvalue weighted by atomic mass is 35.5. The third kappa shape index (κ3) is 4.27. The van der Waals surface area contributed by atoms with E-state index in [1.54, 1.807) is 12.1 Å². The first-order valence-corrected chi connectivity index (χ1v) is 8.97. The molecule has 1 aliphatic rings. The Bertz CT molecular complexity index is 849. The molecule has 1 saturated carbocycles. The lowest BCUT2D eigenvalue weighted by Gasteiger charge is -2.27. The molecule has 0 aromatic heterocycles. The maximum absolute atomic E-state index is 13.7. The topological polar surface area (TPSA) is 55.4 Å². The first-order chi connectivity index (χ1) is 12.9. The number of carbonyl (C=O) groups is 2. The van der Waals surface area contributed by atoms with Crippen LogP contribution in [0.25, 0.3) is 0 Å². The van der Waals surface area contributed by atoms with Crippen LogP contribution in [0.15, 0.2) is 42.5 Å². The minimum Gasteiger partial charge on any atom is -0.455 e. The van der Waals surface area contributed by atoms with Gasteiger partial charge < -0.3 is 10.1 Å². The van der Waals surface area contributed by atoms with E-state index in [1.165, 1.54) is 24.3 Å². The lowest BCUT2D eigenvalue weighted by Crippen LogP contribution is -2.36. The minimum atomic E-state index is -0.875. The van der Waals surface area contributed by atoms with Gasteiger partial charge in [0.2, 0.25) is 0 Å². The van der Waals surface area contributed by atoms with Crippen LogP contribution in [0.4, 0.5) is 14.5 Å². The Hall–Kier alpha value is -2.47. The van der Waals surface area contributed by atoms with Crippen molar-refractivity contribution in [2.24, 2.45) is 0 Å². The maximum Gasteiger partial charge on any atom is 0.317 e. The Morgan fingerprint density at radius 1 is 1.07 bits per heavy atom. The van der Waals surface area contributed by atoms with E-state index in [0.29, 0.717) is 18.4 Å². The molecule has 0 radical (unpaired) electrons. The van der Waals surface area contributed by atoms with Gasteiger partial charge in [-0.05, 0) is 48.7 Å². The highest BCUT2D eigenvalue weighted by Gasteiger charge is 2.44. The van der Waals surface area contributed by atoms with Crippen molar-refractivity contribution >= 4 is 29.2 Å². The summed E-state index contributed by atoms with van der Waals surface area (Å²) in [5, 5.41) is 2.55. The highest BCUT2D eigenvalue weighted by molar-refractivity contribution is 6.30. The number of esters is 1. The zero-order valence-electron chi connectivity index (χ0n) is 14.4. The van der Waals surface area contributed by atoms with Crippen LogP contribution in [0.2, 0.25) is 5.02 Å². The van der Waals surface area contributed by atoms with Crippen molar-refractivity contribution in [3.8, 4) is 0 Å². The summed E-state index contributed by atoms with van der Waals surface area (Å²) in [5.41, 5.74) is -0.246. The average Bonchev–Trinajstić information content (AvgIpc) is 3.14. The van der Waals surface area contributed by atoms with Crippen LogP contribution < -0.4 is 5.32 Å². The fourth-order valence-corrected chi connectivity index (χ4v) is 3.56. The Kier molecular flexibility index (Phi) is 5.75. The van der Waals surface area contributed by atoms with Gasteiger partial charge in [-0.25, -0.2) is 8.78 Å². The average molecular weight is 394 g/mol. The van der Waals surface area contributed by atoms with Gasteiger partial charge in [0, 0.05) is 5.02 Å². The first kappa shape index (κ1) is 19.3. The largest absolute Gasteiger partial charge is 0.455 e. The molecule has 27 heavy (non-hydrogen) atoms. The van der Waals surface area contributed by atoms with E-state index in [2.05, 4.69) is 5.32 Å². The van der Waals surface area contributed by atoms with Crippen LogP contribution in [0.3, 0.4) is 0 Å². The van der Waals surface area contributed by atoms with E-state index in [4.69, 9.17) is 16.3 Å². The molecule has 0 saturated heterocycles. The molecule has 1 amide bonds. The second kappa shape index (κ2) is 8.05. The Morgan fingerprint density at radius 3 is 2.37 bits per heavy atom. The summed E-state index contributed by atoms with van der Waals surface area (Å²) in [6, 6.07) is 9.60. The molecule has 142 valence electrons. The lowest BCUT2D eigenvalue weighted by molar-refractivity contribution is -0.153. The summed E-state index contributed by atoms with van der Waals surface area (Å²) in [6.45, 7) is -0.538. The van der Waals surface area contributed by atoms with E-state index in [-0.39, 0.29) is 16.5 Å². The Labute approximate surface area is 160 Å². The monoisotopic (exact) mass is 393 g/mol. The molecule has 0 unspecified atom stereocenters. The van der Waals surface area contributed by atoms with Crippen LogP contribution in [-0.4, -0.2) is 18.5 Å². The van der Waals surface area contributed by atoms with Crippen molar-refractivity contribution < 1.29 is 23.1 Å². The summed E-state index contributed by atoms with van der Waals surface area (Å²) in [7, 11) is 0. The molecule has 1 fully saturated rings. The molecule has 1 N–H and O–H groups in total. The summed E-state index contributed by atoms with van der Waals surface area (Å²) >= 11 is 5.67. The van der Waals surface area contributed by atoms with Crippen LogP contribution in [0.5, 0.6) is 0 Å². The molecule has 7 heteroatoms. The van der Waals surface area contributed by atoms with Gasteiger partial charge in [-0.15, -0.1) is 0 Å². The number of rotatable bonds is 5. The quantitative estimate of drug-likeness (QED) is 0.754. The minimum absolute atomic E-state index is 0.0467. The predicted molar refractivity (Wildman–Crippen MR) is 97.5 cm³/mol. The number of anilines is 1. The standard InChI is InChI=1S/C20H18ClF2NO3/c21-14-5-8-17(16(23)11-14)24-18(25)12-27-19(26)20(9-1-2-10-20)13-3-6-15(22)7-4-13/h3-8,11H,1-2,9-10,12H2,(H,24,25). The molecule has 4 nitrogen and oxygen atoms in total. The van der Waals surface area contributed by atoms with E-state index in [9.17, 15) is 18.4 Å². The summed E-state index contributed by atoms with van der Waals surface area (Å²) in [5.74, 6) is -2.25. The van der Waals surface area contributed by atoms with Gasteiger partial charge in [0.1, 0.15) is 11.6 Å². The summed E-state index contributed by atoms with van der Waals surface area (Å²) in [4.78, 5) is 24.8. The van der Waals surface area contributed by atoms with Crippen molar-refractivity contribution in [1.82, 2.24) is 0 Å². The lowest BCUT2D eigenvalue weighted by atomic mass is 9.79. The van der Waals surface area contributed by atoms with E-state index in [0.717, 1.165) is 18.9 Å². The smallest absolute Gasteiger partial charge is 0.317 e. The molecule has 3 rings (SSSR count). The number of hydrogen-bond acceptors (Lipinski definition) is 3. The Morgan fingerprint density at radius 2 is 1.74 bits per heavy atom. The summed E-state index contributed by atoms with van der Waals surface area (Å²) in [6.07, 6.45) is 2.83. The number of nitrogens with one attached hydrogen (secondary N) is 1.